The van der Waals surface area contributed by atoms with Crippen molar-refractivity contribution in [3.63, 3.8) is 0 Å². The Balaban J connectivity index is 2.79. The molecule has 1 rings (SSSR count). The van der Waals surface area contributed by atoms with E-state index in [1.807, 2.05) is 19.2 Å². The SMILES string of the molecule is CNC(CC#CC(C)(C)C)c1ncccc1Cl. The molecule has 0 amide bonds. The maximum Gasteiger partial charge on any atom is 0.0768 e. The highest BCUT2D eigenvalue weighted by Crippen LogP contribution is 2.22. The second-order valence-electron chi connectivity index (χ2n) is 4.97. The van der Waals surface area contributed by atoms with Gasteiger partial charge in [0.05, 0.1) is 16.8 Å². The molecule has 0 aliphatic carbocycles. The van der Waals surface area contributed by atoms with Gasteiger partial charge in [0.1, 0.15) is 0 Å². The molecule has 0 aliphatic heterocycles. The smallest absolute Gasteiger partial charge is 0.0768 e. The predicted octanol–water partition coefficient (Wildman–Crippen LogP) is 3.44. The van der Waals surface area contributed by atoms with E-state index in [2.05, 4.69) is 42.9 Å². The predicted molar refractivity (Wildman–Crippen MR) is 72.9 cm³/mol. The van der Waals surface area contributed by atoms with Gasteiger partial charge in [-0.15, -0.1) is 5.92 Å². The molecule has 0 spiro atoms. The Morgan fingerprint density at radius 1 is 1.47 bits per heavy atom. The third kappa shape index (κ3) is 4.77. The van der Waals surface area contributed by atoms with Crippen molar-refractivity contribution < 1.29 is 0 Å². The molecular weight excluding hydrogens is 232 g/mol. The first kappa shape index (κ1) is 14.0. The third-order valence-corrected chi connectivity index (χ3v) is 2.55. The van der Waals surface area contributed by atoms with Crippen molar-refractivity contribution in [2.75, 3.05) is 7.05 Å². The lowest BCUT2D eigenvalue weighted by molar-refractivity contribution is 0.564. The van der Waals surface area contributed by atoms with Crippen LogP contribution in [0.2, 0.25) is 5.02 Å². The van der Waals surface area contributed by atoms with E-state index < -0.39 is 0 Å². The van der Waals surface area contributed by atoms with Crippen molar-refractivity contribution in [1.29, 1.82) is 0 Å². The van der Waals surface area contributed by atoms with Crippen molar-refractivity contribution in [3.05, 3.63) is 29.0 Å². The summed E-state index contributed by atoms with van der Waals surface area (Å²) in [7, 11) is 1.90. The lowest BCUT2D eigenvalue weighted by Crippen LogP contribution is -2.17. The number of halogens is 1. The summed E-state index contributed by atoms with van der Waals surface area (Å²) in [4.78, 5) is 4.30. The van der Waals surface area contributed by atoms with Crippen LogP contribution < -0.4 is 5.32 Å². The van der Waals surface area contributed by atoms with Crippen LogP contribution in [0.4, 0.5) is 0 Å². The Labute approximate surface area is 109 Å². The van der Waals surface area contributed by atoms with Gasteiger partial charge in [-0.1, -0.05) is 17.5 Å². The molecule has 0 aromatic carbocycles. The topological polar surface area (TPSA) is 24.9 Å². The van der Waals surface area contributed by atoms with E-state index in [1.165, 1.54) is 0 Å². The first-order valence-electron chi connectivity index (χ1n) is 5.72. The molecule has 1 aromatic heterocycles. The van der Waals surface area contributed by atoms with Crippen molar-refractivity contribution in [1.82, 2.24) is 10.3 Å². The third-order valence-electron chi connectivity index (χ3n) is 2.24. The lowest BCUT2D eigenvalue weighted by atomic mass is 9.97. The van der Waals surface area contributed by atoms with Gasteiger partial charge in [-0.05, 0) is 40.0 Å². The van der Waals surface area contributed by atoms with Crippen molar-refractivity contribution in [3.8, 4) is 11.8 Å². The summed E-state index contributed by atoms with van der Waals surface area (Å²) in [5, 5.41) is 3.88. The molecule has 1 aromatic rings. The number of hydrogen-bond donors (Lipinski definition) is 1. The molecule has 0 aliphatic rings. The minimum atomic E-state index is 0.0339. The fraction of sp³-hybridized carbons (Fsp3) is 0.500. The van der Waals surface area contributed by atoms with Crippen LogP contribution in [0.3, 0.4) is 0 Å². The Morgan fingerprint density at radius 3 is 2.71 bits per heavy atom. The minimum absolute atomic E-state index is 0.0339. The summed E-state index contributed by atoms with van der Waals surface area (Å²) >= 11 is 6.12. The molecule has 1 heterocycles. The van der Waals surface area contributed by atoms with E-state index in [1.54, 1.807) is 6.20 Å². The molecule has 0 fully saturated rings. The zero-order valence-electron chi connectivity index (χ0n) is 10.8. The van der Waals surface area contributed by atoms with Gasteiger partial charge in [-0.25, -0.2) is 0 Å². The Morgan fingerprint density at radius 2 is 2.18 bits per heavy atom. The van der Waals surface area contributed by atoms with Crippen LogP contribution in [0.1, 0.15) is 38.9 Å². The van der Waals surface area contributed by atoms with E-state index in [0.29, 0.717) is 11.4 Å². The van der Waals surface area contributed by atoms with Gasteiger partial charge in [0, 0.05) is 18.0 Å². The van der Waals surface area contributed by atoms with E-state index in [-0.39, 0.29) is 11.5 Å². The molecule has 0 bridgehead atoms. The second-order valence-corrected chi connectivity index (χ2v) is 5.37. The Hall–Kier alpha value is -1.04. The fourth-order valence-electron chi connectivity index (χ4n) is 1.41. The van der Waals surface area contributed by atoms with Crippen LogP contribution >= 0.6 is 11.6 Å². The molecule has 92 valence electrons. The van der Waals surface area contributed by atoms with Gasteiger partial charge in [-0.2, -0.15) is 0 Å². The zero-order chi connectivity index (χ0) is 12.9. The largest absolute Gasteiger partial charge is 0.311 e. The van der Waals surface area contributed by atoms with Crippen LogP contribution in [0.25, 0.3) is 0 Å². The summed E-state index contributed by atoms with van der Waals surface area (Å²) in [6.07, 6.45) is 2.47. The number of hydrogen-bond acceptors (Lipinski definition) is 2. The quantitative estimate of drug-likeness (QED) is 0.832. The number of aromatic nitrogens is 1. The molecule has 1 N–H and O–H groups in total. The molecule has 0 saturated carbocycles. The average Bonchev–Trinajstić information content (AvgIpc) is 2.24. The standard InChI is InChI=1S/C14H19ClN2/c1-14(2,3)9-5-8-12(16-4)13-11(15)7-6-10-17-13/h6-7,10,12,16H,8H2,1-4H3. The highest BCUT2D eigenvalue weighted by Gasteiger charge is 2.13. The molecular formula is C14H19ClN2. The monoisotopic (exact) mass is 250 g/mol. The number of nitrogens with zero attached hydrogens (tertiary/aromatic N) is 1. The Bertz CT molecular complexity index is 424. The van der Waals surface area contributed by atoms with E-state index in [0.717, 1.165) is 5.69 Å². The Kier molecular flexibility index (Phi) is 4.99. The van der Waals surface area contributed by atoms with E-state index in [9.17, 15) is 0 Å². The number of nitrogens with one attached hydrogen (secondary N) is 1. The van der Waals surface area contributed by atoms with Crippen molar-refractivity contribution in [2.45, 2.75) is 33.2 Å². The van der Waals surface area contributed by atoms with Crippen molar-refractivity contribution >= 4 is 11.6 Å². The fourth-order valence-corrected chi connectivity index (χ4v) is 1.66. The van der Waals surface area contributed by atoms with E-state index in [4.69, 9.17) is 11.6 Å². The molecule has 2 nitrogen and oxygen atoms in total. The summed E-state index contributed by atoms with van der Waals surface area (Å²) in [6.45, 7) is 6.30. The lowest BCUT2D eigenvalue weighted by Gasteiger charge is -2.14. The van der Waals surface area contributed by atoms with Crippen LogP contribution in [-0.2, 0) is 0 Å². The second kappa shape index (κ2) is 6.05. The molecule has 1 unspecified atom stereocenters. The number of rotatable bonds is 3. The van der Waals surface area contributed by atoms with Gasteiger partial charge < -0.3 is 5.32 Å². The molecule has 17 heavy (non-hydrogen) atoms. The van der Waals surface area contributed by atoms with Gasteiger partial charge >= 0.3 is 0 Å². The van der Waals surface area contributed by atoms with Gasteiger partial charge in [0.15, 0.2) is 0 Å². The zero-order valence-corrected chi connectivity index (χ0v) is 11.6. The van der Waals surface area contributed by atoms with Crippen molar-refractivity contribution in [2.24, 2.45) is 5.41 Å². The molecule has 1 atom stereocenters. The normalized spacial score (nSPS) is 12.8. The summed E-state index contributed by atoms with van der Waals surface area (Å²) in [6, 6.07) is 3.77. The average molecular weight is 251 g/mol. The first-order valence-corrected chi connectivity index (χ1v) is 6.09. The first-order chi connectivity index (χ1) is 7.94. The van der Waals surface area contributed by atoms with Gasteiger partial charge in [-0.3, -0.25) is 4.98 Å². The maximum absolute atomic E-state index is 6.12. The van der Waals surface area contributed by atoms with Gasteiger partial charge in [0.2, 0.25) is 0 Å². The van der Waals surface area contributed by atoms with Crippen LogP contribution in [0, 0.1) is 17.3 Å². The summed E-state index contributed by atoms with van der Waals surface area (Å²) < 4.78 is 0. The van der Waals surface area contributed by atoms with Crippen LogP contribution in [0.15, 0.2) is 18.3 Å². The number of pyridine rings is 1. The molecule has 0 radical (unpaired) electrons. The highest BCUT2D eigenvalue weighted by atomic mass is 35.5. The maximum atomic E-state index is 6.12. The summed E-state index contributed by atoms with van der Waals surface area (Å²) in [5.41, 5.74) is 0.895. The van der Waals surface area contributed by atoms with Crippen LogP contribution in [0.5, 0.6) is 0 Å². The molecule has 0 saturated heterocycles. The molecule has 3 heteroatoms. The van der Waals surface area contributed by atoms with E-state index >= 15 is 0 Å². The highest BCUT2D eigenvalue weighted by molar-refractivity contribution is 6.31. The van der Waals surface area contributed by atoms with Crippen LogP contribution in [-0.4, -0.2) is 12.0 Å². The summed E-state index contributed by atoms with van der Waals surface area (Å²) in [5.74, 6) is 6.41. The minimum Gasteiger partial charge on any atom is -0.311 e. The van der Waals surface area contributed by atoms with Gasteiger partial charge in [0.25, 0.3) is 0 Å².